The summed E-state index contributed by atoms with van der Waals surface area (Å²) in [5, 5.41) is 2.98. The quantitative estimate of drug-likeness (QED) is 0.857. The van der Waals surface area contributed by atoms with Gasteiger partial charge in [-0.15, -0.1) is 0 Å². The monoisotopic (exact) mass is 347 g/mol. The van der Waals surface area contributed by atoms with Crippen molar-refractivity contribution in [1.82, 2.24) is 4.90 Å². The number of nitrogens with one attached hydrogen (secondary N) is 1. The lowest BCUT2D eigenvalue weighted by molar-refractivity contribution is -0.120. The Hall–Kier alpha value is -2.24. The number of anilines is 2. The van der Waals surface area contributed by atoms with E-state index in [-0.39, 0.29) is 17.9 Å². The van der Waals surface area contributed by atoms with Crippen LogP contribution in [0.2, 0.25) is 0 Å². The van der Waals surface area contributed by atoms with E-state index in [9.17, 15) is 9.59 Å². The minimum atomic E-state index is -0.235. The van der Waals surface area contributed by atoms with Crippen LogP contribution in [0.4, 0.5) is 16.2 Å². The number of ether oxygens (including phenoxy) is 1. The summed E-state index contributed by atoms with van der Waals surface area (Å²) in [6.07, 6.45) is 1.47. The molecule has 2 amide bonds. The molecule has 25 heavy (non-hydrogen) atoms. The second kappa shape index (κ2) is 9.30. The molecule has 0 spiro atoms. The first-order chi connectivity index (χ1) is 12.1. The van der Waals surface area contributed by atoms with Gasteiger partial charge in [-0.05, 0) is 44.0 Å². The number of carbonyl (C=O) groups excluding carboxylic acids is 2. The molecule has 1 heterocycles. The Morgan fingerprint density at radius 2 is 1.64 bits per heavy atom. The molecule has 1 aromatic carbocycles. The Morgan fingerprint density at radius 1 is 1.04 bits per heavy atom. The summed E-state index contributed by atoms with van der Waals surface area (Å²) >= 11 is 0. The van der Waals surface area contributed by atoms with Gasteiger partial charge in [0.25, 0.3) is 0 Å². The van der Waals surface area contributed by atoms with E-state index >= 15 is 0 Å². The van der Waals surface area contributed by atoms with Crippen LogP contribution in [0.15, 0.2) is 24.3 Å². The van der Waals surface area contributed by atoms with E-state index < -0.39 is 0 Å². The zero-order valence-corrected chi connectivity index (χ0v) is 15.5. The Kier molecular flexibility index (Phi) is 7.10. The zero-order chi connectivity index (χ0) is 18.2. The van der Waals surface area contributed by atoms with E-state index in [1.165, 1.54) is 0 Å². The topological polar surface area (TPSA) is 61.9 Å². The Labute approximate surface area is 150 Å². The SMILES string of the molecule is CCOC(=O)N1CCN(c2ccc(NC(=O)C(CC)CC)cc2)CC1. The summed E-state index contributed by atoms with van der Waals surface area (Å²) < 4.78 is 5.04. The molecule has 1 aliphatic heterocycles. The lowest BCUT2D eigenvalue weighted by atomic mass is 10.0. The zero-order valence-electron chi connectivity index (χ0n) is 15.5. The van der Waals surface area contributed by atoms with Crippen molar-refractivity contribution in [2.45, 2.75) is 33.6 Å². The molecule has 1 aliphatic rings. The fraction of sp³-hybridized carbons (Fsp3) is 0.579. The van der Waals surface area contributed by atoms with E-state index in [1.54, 1.807) is 4.90 Å². The van der Waals surface area contributed by atoms with Crippen LogP contribution < -0.4 is 10.2 Å². The molecular formula is C19H29N3O3. The summed E-state index contributed by atoms with van der Waals surface area (Å²) in [5.74, 6) is 0.149. The molecule has 138 valence electrons. The summed E-state index contributed by atoms with van der Waals surface area (Å²) in [6, 6.07) is 7.91. The summed E-state index contributed by atoms with van der Waals surface area (Å²) in [7, 11) is 0. The third-order valence-corrected chi connectivity index (χ3v) is 4.66. The molecule has 0 saturated carbocycles. The molecule has 2 rings (SSSR count). The van der Waals surface area contributed by atoms with Crippen molar-refractivity contribution in [2.24, 2.45) is 5.92 Å². The molecule has 0 unspecified atom stereocenters. The van der Waals surface area contributed by atoms with Gasteiger partial charge in [0.2, 0.25) is 5.91 Å². The van der Waals surface area contributed by atoms with Gasteiger partial charge < -0.3 is 19.9 Å². The molecular weight excluding hydrogens is 318 g/mol. The van der Waals surface area contributed by atoms with Crippen molar-refractivity contribution in [3.05, 3.63) is 24.3 Å². The van der Waals surface area contributed by atoms with Crippen LogP contribution in [0.25, 0.3) is 0 Å². The molecule has 0 bridgehead atoms. The first-order valence-electron chi connectivity index (χ1n) is 9.16. The third kappa shape index (κ3) is 5.11. The number of carbonyl (C=O) groups is 2. The van der Waals surface area contributed by atoms with Gasteiger partial charge >= 0.3 is 6.09 Å². The predicted molar refractivity (Wildman–Crippen MR) is 100.0 cm³/mol. The number of hydrogen-bond acceptors (Lipinski definition) is 4. The maximum Gasteiger partial charge on any atom is 0.409 e. The molecule has 0 atom stereocenters. The van der Waals surface area contributed by atoms with Gasteiger partial charge in [0.15, 0.2) is 0 Å². The molecule has 1 aromatic rings. The molecule has 1 saturated heterocycles. The van der Waals surface area contributed by atoms with Crippen molar-refractivity contribution >= 4 is 23.4 Å². The maximum absolute atomic E-state index is 12.1. The average Bonchev–Trinajstić information content (AvgIpc) is 2.64. The Balaban J connectivity index is 1.88. The van der Waals surface area contributed by atoms with Gasteiger partial charge in [-0.2, -0.15) is 0 Å². The standard InChI is InChI=1S/C19H29N3O3/c1-4-15(5-2)18(23)20-16-7-9-17(10-8-16)21-11-13-22(14-12-21)19(24)25-6-3/h7-10,15H,4-6,11-14H2,1-3H3,(H,20,23). The average molecular weight is 347 g/mol. The first-order valence-corrected chi connectivity index (χ1v) is 9.16. The highest BCUT2D eigenvalue weighted by molar-refractivity contribution is 5.92. The van der Waals surface area contributed by atoms with Gasteiger partial charge in [-0.3, -0.25) is 4.79 Å². The lowest BCUT2D eigenvalue weighted by Gasteiger charge is -2.35. The third-order valence-electron chi connectivity index (χ3n) is 4.66. The van der Waals surface area contributed by atoms with Crippen molar-refractivity contribution in [3.63, 3.8) is 0 Å². The number of hydrogen-bond donors (Lipinski definition) is 1. The Morgan fingerprint density at radius 3 is 2.16 bits per heavy atom. The summed E-state index contributed by atoms with van der Waals surface area (Å²) in [6.45, 7) is 9.16. The number of nitrogens with zero attached hydrogens (tertiary/aromatic N) is 2. The van der Waals surface area contributed by atoms with Gasteiger partial charge in [0.1, 0.15) is 0 Å². The van der Waals surface area contributed by atoms with Gasteiger partial charge in [0, 0.05) is 43.5 Å². The second-order valence-corrected chi connectivity index (χ2v) is 6.22. The van der Waals surface area contributed by atoms with Crippen LogP contribution in [-0.2, 0) is 9.53 Å². The van der Waals surface area contributed by atoms with Crippen molar-refractivity contribution in [2.75, 3.05) is 43.0 Å². The molecule has 0 radical (unpaired) electrons. The highest BCUT2D eigenvalue weighted by atomic mass is 16.6. The lowest BCUT2D eigenvalue weighted by Crippen LogP contribution is -2.49. The molecule has 6 heteroatoms. The largest absolute Gasteiger partial charge is 0.450 e. The minimum Gasteiger partial charge on any atom is -0.450 e. The van der Waals surface area contributed by atoms with Crippen LogP contribution in [0.5, 0.6) is 0 Å². The van der Waals surface area contributed by atoms with Crippen molar-refractivity contribution in [1.29, 1.82) is 0 Å². The number of rotatable bonds is 6. The second-order valence-electron chi connectivity index (χ2n) is 6.22. The van der Waals surface area contributed by atoms with Crippen LogP contribution >= 0.6 is 0 Å². The summed E-state index contributed by atoms with van der Waals surface area (Å²) in [5.41, 5.74) is 1.93. The molecule has 0 aliphatic carbocycles. The maximum atomic E-state index is 12.1. The molecule has 1 fully saturated rings. The van der Waals surface area contributed by atoms with Gasteiger partial charge in [-0.1, -0.05) is 13.8 Å². The number of piperazine rings is 1. The highest BCUT2D eigenvalue weighted by Gasteiger charge is 2.22. The number of amides is 2. The minimum absolute atomic E-state index is 0.0654. The van der Waals surface area contributed by atoms with Crippen LogP contribution in [0.3, 0.4) is 0 Å². The predicted octanol–water partition coefficient (Wildman–Crippen LogP) is 3.34. The van der Waals surface area contributed by atoms with E-state index in [1.807, 2.05) is 45.0 Å². The van der Waals surface area contributed by atoms with E-state index in [0.717, 1.165) is 37.3 Å². The van der Waals surface area contributed by atoms with Gasteiger partial charge in [0.05, 0.1) is 6.61 Å². The van der Waals surface area contributed by atoms with Crippen LogP contribution in [0.1, 0.15) is 33.6 Å². The van der Waals surface area contributed by atoms with E-state index in [4.69, 9.17) is 4.74 Å². The Bertz CT molecular complexity index is 562. The molecule has 6 nitrogen and oxygen atoms in total. The van der Waals surface area contributed by atoms with Gasteiger partial charge in [-0.25, -0.2) is 4.79 Å². The fourth-order valence-electron chi connectivity index (χ4n) is 3.02. The highest BCUT2D eigenvalue weighted by Crippen LogP contribution is 2.21. The van der Waals surface area contributed by atoms with E-state index in [0.29, 0.717) is 19.7 Å². The van der Waals surface area contributed by atoms with Crippen molar-refractivity contribution in [3.8, 4) is 0 Å². The number of benzene rings is 1. The van der Waals surface area contributed by atoms with E-state index in [2.05, 4.69) is 10.2 Å². The summed E-state index contributed by atoms with van der Waals surface area (Å²) in [4.78, 5) is 27.9. The smallest absolute Gasteiger partial charge is 0.409 e. The molecule has 1 N–H and O–H groups in total. The normalized spacial score (nSPS) is 14.6. The fourth-order valence-corrected chi connectivity index (χ4v) is 3.02. The van der Waals surface area contributed by atoms with Crippen LogP contribution in [0, 0.1) is 5.92 Å². The van der Waals surface area contributed by atoms with Crippen LogP contribution in [-0.4, -0.2) is 49.7 Å². The first kappa shape index (κ1) is 19.1. The van der Waals surface area contributed by atoms with Crippen molar-refractivity contribution < 1.29 is 14.3 Å². The molecule has 0 aromatic heterocycles.